The Bertz CT molecular complexity index is 858. The first kappa shape index (κ1) is 14.0. The molecule has 0 spiro atoms. The van der Waals surface area contributed by atoms with Crippen LogP contribution >= 0.6 is 0 Å². The number of rotatable bonds is 1. The van der Waals surface area contributed by atoms with E-state index in [4.69, 9.17) is 0 Å². The van der Waals surface area contributed by atoms with Crippen LogP contribution in [0.4, 0.5) is 4.79 Å². The number of imide groups is 1. The van der Waals surface area contributed by atoms with Gasteiger partial charge in [-0.1, -0.05) is 12.1 Å². The molecule has 2 fully saturated rings. The second kappa shape index (κ2) is 4.83. The fraction of sp³-hybridized carbons (Fsp3) is 0.444. The van der Waals surface area contributed by atoms with Crippen LogP contribution in [0.3, 0.4) is 0 Å². The van der Waals surface area contributed by atoms with Crippen molar-refractivity contribution in [1.82, 2.24) is 20.1 Å². The van der Waals surface area contributed by atoms with E-state index in [1.54, 1.807) is 4.90 Å². The second-order valence-corrected chi connectivity index (χ2v) is 7.27. The van der Waals surface area contributed by atoms with E-state index in [1.807, 2.05) is 0 Å². The van der Waals surface area contributed by atoms with E-state index in [0.29, 0.717) is 12.0 Å². The van der Waals surface area contributed by atoms with Crippen LogP contribution < -0.4 is 5.32 Å². The van der Waals surface area contributed by atoms with Crippen LogP contribution in [0.25, 0.3) is 10.9 Å². The van der Waals surface area contributed by atoms with Crippen LogP contribution in [0.2, 0.25) is 0 Å². The number of aromatic amines is 1. The predicted molar refractivity (Wildman–Crippen MR) is 89.8 cm³/mol. The molecule has 0 radical (unpaired) electrons. The molecule has 0 unspecified atom stereocenters. The molecule has 0 bridgehead atoms. The monoisotopic (exact) mass is 324 g/mol. The fourth-order valence-corrected chi connectivity index (χ4v) is 4.89. The highest BCUT2D eigenvalue weighted by molar-refractivity contribution is 6.02. The molecule has 0 saturated carbocycles. The third kappa shape index (κ3) is 1.86. The van der Waals surface area contributed by atoms with Crippen LogP contribution in [-0.2, 0) is 11.2 Å². The van der Waals surface area contributed by atoms with E-state index in [-0.39, 0.29) is 24.5 Å². The van der Waals surface area contributed by atoms with Crippen molar-refractivity contribution in [2.45, 2.75) is 30.8 Å². The number of nitrogens with one attached hydrogen (secondary N) is 2. The lowest BCUT2D eigenvalue weighted by Gasteiger charge is -2.47. The first-order valence-corrected chi connectivity index (χ1v) is 8.51. The molecule has 2 aliphatic heterocycles. The SMILES string of the molecule is CN1C[C@H](N2CC(=O)NC2=O)C[C@@H]2c3cccc4[nH]cc(c34)C[C@H]21. The van der Waals surface area contributed by atoms with Crippen LogP contribution in [0.5, 0.6) is 0 Å². The number of carbonyl (C=O) groups excluding carboxylic acids is 2. The normalized spacial score (nSPS) is 29.9. The summed E-state index contributed by atoms with van der Waals surface area (Å²) in [6.07, 6.45) is 4.09. The van der Waals surface area contributed by atoms with Gasteiger partial charge in [-0.15, -0.1) is 0 Å². The zero-order valence-electron chi connectivity index (χ0n) is 13.6. The van der Waals surface area contributed by atoms with Gasteiger partial charge in [0.05, 0.1) is 0 Å². The fourth-order valence-electron chi connectivity index (χ4n) is 4.89. The summed E-state index contributed by atoms with van der Waals surface area (Å²) in [5, 5.41) is 3.76. The molecule has 5 rings (SSSR count). The largest absolute Gasteiger partial charge is 0.361 e. The van der Waals surface area contributed by atoms with Gasteiger partial charge in [-0.3, -0.25) is 10.1 Å². The van der Waals surface area contributed by atoms with Crippen molar-refractivity contribution in [3.63, 3.8) is 0 Å². The average Bonchev–Trinajstić information content (AvgIpc) is 3.12. The summed E-state index contributed by atoms with van der Waals surface area (Å²) in [5.74, 6) is 0.202. The van der Waals surface area contributed by atoms with E-state index in [1.165, 1.54) is 22.0 Å². The number of aromatic nitrogens is 1. The number of amides is 3. The molecule has 3 heterocycles. The topological polar surface area (TPSA) is 68.4 Å². The Labute approximate surface area is 139 Å². The van der Waals surface area contributed by atoms with Crippen LogP contribution in [-0.4, -0.2) is 58.9 Å². The molecule has 3 atom stereocenters. The lowest BCUT2D eigenvalue weighted by molar-refractivity contribution is -0.118. The Morgan fingerprint density at radius 3 is 2.92 bits per heavy atom. The van der Waals surface area contributed by atoms with Gasteiger partial charge in [-0.05, 0) is 37.1 Å². The van der Waals surface area contributed by atoms with Gasteiger partial charge in [0.1, 0.15) is 6.54 Å². The summed E-state index contributed by atoms with van der Waals surface area (Å²) in [4.78, 5) is 31.1. The molecule has 2 N–H and O–H groups in total. The molecule has 1 aliphatic carbocycles. The minimum Gasteiger partial charge on any atom is -0.361 e. The number of fused-ring (bicyclic) bond motifs is 2. The van der Waals surface area contributed by atoms with Crippen LogP contribution in [0.15, 0.2) is 24.4 Å². The summed E-state index contributed by atoms with van der Waals surface area (Å²) in [5.41, 5.74) is 3.96. The third-order valence-corrected chi connectivity index (χ3v) is 5.97. The number of piperidine rings is 1. The zero-order valence-corrected chi connectivity index (χ0v) is 13.6. The quantitative estimate of drug-likeness (QED) is 0.780. The highest BCUT2D eigenvalue weighted by atomic mass is 16.2. The van der Waals surface area contributed by atoms with E-state index in [9.17, 15) is 9.59 Å². The van der Waals surface area contributed by atoms with E-state index >= 15 is 0 Å². The maximum Gasteiger partial charge on any atom is 0.324 e. The van der Waals surface area contributed by atoms with Gasteiger partial charge in [-0.2, -0.15) is 0 Å². The van der Waals surface area contributed by atoms with Gasteiger partial charge in [0.2, 0.25) is 5.91 Å². The van der Waals surface area contributed by atoms with Gasteiger partial charge < -0.3 is 14.8 Å². The molecule has 1 aromatic carbocycles. The number of hydrogen-bond acceptors (Lipinski definition) is 3. The number of benzene rings is 1. The molecule has 2 saturated heterocycles. The van der Waals surface area contributed by atoms with E-state index < -0.39 is 0 Å². The highest BCUT2D eigenvalue weighted by Gasteiger charge is 2.43. The molecule has 3 amide bonds. The van der Waals surface area contributed by atoms with E-state index in [2.05, 4.69) is 46.6 Å². The van der Waals surface area contributed by atoms with Crippen LogP contribution in [0, 0.1) is 0 Å². The lowest BCUT2D eigenvalue weighted by atomic mass is 9.74. The van der Waals surface area contributed by atoms with Crippen molar-refractivity contribution in [1.29, 1.82) is 0 Å². The van der Waals surface area contributed by atoms with Gasteiger partial charge >= 0.3 is 6.03 Å². The summed E-state index contributed by atoms with van der Waals surface area (Å²) in [6, 6.07) is 6.75. The van der Waals surface area contributed by atoms with Crippen LogP contribution in [0.1, 0.15) is 23.5 Å². The summed E-state index contributed by atoms with van der Waals surface area (Å²) < 4.78 is 0. The zero-order chi connectivity index (χ0) is 16.4. The smallest absolute Gasteiger partial charge is 0.324 e. The number of carbonyl (C=O) groups is 2. The Hall–Kier alpha value is -2.34. The molecule has 24 heavy (non-hydrogen) atoms. The highest BCUT2D eigenvalue weighted by Crippen LogP contribution is 2.43. The minimum absolute atomic E-state index is 0.0819. The first-order chi connectivity index (χ1) is 11.6. The van der Waals surface area contributed by atoms with Crippen molar-refractivity contribution in [3.05, 3.63) is 35.5 Å². The number of likely N-dealkylation sites (tertiary alicyclic amines) is 1. The summed E-state index contributed by atoms with van der Waals surface area (Å²) in [7, 11) is 2.14. The number of likely N-dealkylation sites (N-methyl/N-ethyl adjacent to an activating group) is 1. The standard InChI is InChI=1S/C18H20N4O2/c1-21-8-11(22-9-16(23)20-18(22)24)6-13-12-3-2-4-14-17(12)10(7-19-14)5-15(13)21/h2-4,7,11,13,15,19H,5-6,8-9H2,1H3,(H,20,23,24)/t11-,13-,15-/m1/s1. The Morgan fingerprint density at radius 1 is 1.25 bits per heavy atom. The lowest BCUT2D eigenvalue weighted by Crippen LogP contribution is -2.55. The van der Waals surface area contributed by atoms with Gasteiger partial charge in [-0.25, -0.2) is 4.79 Å². The van der Waals surface area contributed by atoms with Crippen molar-refractivity contribution >= 4 is 22.8 Å². The minimum atomic E-state index is -0.242. The summed E-state index contributed by atoms with van der Waals surface area (Å²) >= 11 is 0. The second-order valence-electron chi connectivity index (χ2n) is 7.27. The molecular formula is C18H20N4O2. The Balaban J connectivity index is 1.54. The van der Waals surface area contributed by atoms with Gasteiger partial charge in [0, 0.05) is 41.6 Å². The molecule has 2 aromatic rings. The Kier molecular flexibility index (Phi) is 2.83. The molecule has 3 aliphatic rings. The average molecular weight is 324 g/mol. The number of urea groups is 1. The number of hydrogen-bond donors (Lipinski definition) is 2. The van der Waals surface area contributed by atoms with Crippen molar-refractivity contribution < 1.29 is 9.59 Å². The number of nitrogens with zero attached hydrogens (tertiary/aromatic N) is 2. The van der Waals surface area contributed by atoms with Crippen molar-refractivity contribution in [2.75, 3.05) is 20.1 Å². The summed E-state index contributed by atoms with van der Waals surface area (Å²) in [6.45, 7) is 1.01. The maximum atomic E-state index is 12.1. The van der Waals surface area contributed by atoms with Gasteiger partial charge in [0.25, 0.3) is 0 Å². The first-order valence-electron chi connectivity index (χ1n) is 8.51. The van der Waals surface area contributed by atoms with Gasteiger partial charge in [0.15, 0.2) is 0 Å². The molecule has 6 heteroatoms. The van der Waals surface area contributed by atoms with Crippen molar-refractivity contribution in [3.8, 4) is 0 Å². The molecule has 1 aromatic heterocycles. The molecular weight excluding hydrogens is 304 g/mol. The molecule has 124 valence electrons. The third-order valence-electron chi connectivity index (χ3n) is 5.97. The molecule has 6 nitrogen and oxygen atoms in total. The predicted octanol–water partition coefficient (Wildman–Crippen LogP) is 1.43. The maximum absolute atomic E-state index is 12.1. The number of H-pyrrole nitrogens is 1. The van der Waals surface area contributed by atoms with Crippen molar-refractivity contribution in [2.24, 2.45) is 0 Å². The Morgan fingerprint density at radius 2 is 2.12 bits per heavy atom. The van der Waals surface area contributed by atoms with E-state index in [0.717, 1.165) is 19.4 Å².